The average Bonchev–Trinajstić information content (AvgIpc) is 2.58. The van der Waals surface area contributed by atoms with Crippen molar-refractivity contribution >= 4 is 11.9 Å². The van der Waals surface area contributed by atoms with E-state index >= 15 is 0 Å². The second kappa shape index (κ2) is 8.39. The van der Waals surface area contributed by atoms with E-state index in [0.29, 0.717) is 32.5 Å². The van der Waals surface area contributed by atoms with E-state index in [1.165, 1.54) is 12.1 Å². The Balaban J connectivity index is 1.92. The Bertz CT molecular complexity index is 626. The van der Waals surface area contributed by atoms with Gasteiger partial charge < -0.3 is 14.7 Å². The number of aliphatic carboxylic acids is 1. The van der Waals surface area contributed by atoms with E-state index in [1.807, 2.05) is 11.8 Å². The number of carbonyl (C=O) groups is 2. The van der Waals surface area contributed by atoms with Crippen LogP contribution < -0.4 is 4.74 Å². The van der Waals surface area contributed by atoms with E-state index in [2.05, 4.69) is 4.74 Å². The SMILES string of the molecule is CCN(CC(=O)O)C1CCN(C(=O)c2ccc(OC(F)(F)F)cc2)CC1. The van der Waals surface area contributed by atoms with Crippen LogP contribution in [0.3, 0.4) is 0 Å². The van der Waals surface area contributed by atoms with Crippen LogP contribution in [-0.2, 0) is 4.79 Å². The van der Waals surface area contributed by atoms with Crippen molar-refractivity contribution in [3.63, 3.8) is 0 Å². The number of carbonyl (C=O) groups excluding carboxylic acids is 1. The smallest absolute Gasteiger partial charge is 0.480 e. The van der Waals surface area contributed by atoms with Gasteiger partial charge in [0.1, 0.15) is 5.75 Å². The van der Waals surface area contributed by atoms with Crippen LogP contribution in [0.15, 0.2) is 24.3 Å². The van der Waals surface area contributed by atoms with E-state index in [4.69, 9.17) is 5.11 Å². The number of alkyl halides is 3. The number of hydrogen-bond acceptors (Lipinski definition) is 4. The summed E-state index contributed by atoms with van der Waals surface area (Å²) in [4.78, 5) is 26.9. The van der Waals surface area contributed by atoms with Gasteiger partial charge in [0.05, 0.1) is 6.54 Å². The van der Waals surface area contributed by atoms with Gasteiger partial charge in [-0.2, -0.15) is 0 Å². The topological polar surface area (TPSA) is 70.1 Å². The van der Waals surface area contributed by atoms with Gasteiger partial charge >= 0.3 is 12.3 Å². The van der Waals surface area contributed by atoms with Crippen LogP contribution in [0.1, 0.15) is 30.1 Å². The summed E-state index contributed by atoms with van der Waals surface area (Å²) < 4.78 is 40.3. The van der Waals surface area contributed by atoms with Crippen molar-refractivity contribution in [3.8, 4) is 5.75 Å². The summed E-state index contributed by atoms with van der Waals surface area (Å²) in [6, 6.07) is 4.93. The minimum Gasteiger partial charge on any atom is -0.480 e. The zero-order chi connectivity index (χ0) is 19.3. The molecule has 144 valence electrons. The normalized spacial score (nSPS) is 16.0. The number of hydrogen-bond donors (Lipinski definition) is 1. The number of likely N-dealkylation sites (tertiary alicyclic amines) is 1. The van der Waals surface area contributed by atoms with Crippen LogP contribution >= 0.6 is 0 Å². The van der Waals surface area contributed by atoms with E-state index in [-0.39, 0.29) is 29.8 Å². The summed E-state index contributed by atoms with van der Waals surface area (Å²) in [5.41, 5.74) is 0.288. The van der Waals surface area contributed by atoms with E-state index < -0.39 is 12.3 Å². The van der Waals surface area contributed by atoms with Gasteiger partial charge in [-0.25, -0.2) is 0 Å². The van der Waals surface area contributed by atoms with Crippen LogP contribution in [0.25, 0.3) is 0 Å². The van der Waals surface area contributed by atoms with Crippen molar-refractivity contribution < 1.29 is 32.6 Å². The zero-order valence-electron chi connectivity index (χ0n) is 14.3. The molecule has 9 heteroatoms. The molecule has 0 spiro atoms. The van der Waals surface area contributed by atoms with Crippen LogP contribution in [0, 0.1) is 0 Å². The van der Waals surface area contributed by atoms with Gasteiger partial charge in [-0.3, -0.25) is 14.5 Å². The minimum atomic E-state index is -4.77. The maximum atomic E-state index is 12.5. The fourth-order valence-corrected chi connectivity index (χ4v) is 3.09. The Morgan fingerprint density at radius 3 is 2.27 bits per heavy atom. The zero-order valence-corrected chi connectivity index (χ0v) is 14.3. The van der Waals surface area contributed by atoms with Crippen molar-refractivity contribution in [2.24, 2.45) is 0 Å². The van der Waals surface area contributed by atoms with Crippen molar-refractivity contribution in [1.82, 2.24) is 9.80 Å². The first-order valence-electron chi connectivity index (χ1n) is 8.30. The van der Waals surface area contributed by atoms with E-state index in [0.717, 1.165) is 12.1 Å². The predicted molar refractivity (Wildman–Crippen MR) is 86.9 cm³/mol. The van der Waals surface area contributed by atoms with Gasteiger partial charge in [0.15, 0.2) is 0 Å². The molecule has 1 aliphatic heterocycles. The Morgan fingerprint density at radius 1 is 1.23 bits per heavy atom. The number of likely N-dealkylation sites (N-methyl/N-ethyl adjacent to an activating group) is 1. The molecule has 1 fully saturated rings. The van der Waals surface area contributed by atoms with Crippen LogP contribution in [0.4, 0.5) is 13.2 Å². The van der Waals surface area contributed by atoms with Gasteiger partial charge in [0.2, 0.25) is 0 Å². The summed E-state index contributed by atoms with van der Waals surface area (Å²) in [5, 5.41) is 8.94. The molecule has 1 N–H and O–H groups in total. The number of amides is 1. The summed E-state index contributed by atoms with van der Waals surface area (Å²) in [6.45, 7) is 3.42. The van der Waals surface area contributed by atoms with Crippen molar-refractivity contribution in [2.75, 3.05) is 26.2 Å². The summed E-state index contributed by atoms with van der Waals surface area (Å²) in [7, 11) is 0. The largest absolute Gasteiger partial charge is 0.573 e. The summed E-state index contributed by atoms with van der Waals surface area (Å²) in [5.74, 6) is -1.52. The molecule has 1 amide bonds. The lowest BCUT2D eigenvalue weighted by molar-refractivity contribution is -0.274. The fourth-order valence-electron chi connectivity index (χ4n) is 3.09. The molecule has 1 saturated heterocycles. The molecular weight excluding hydrogens is 353 g/mol. The number of nitrogens with zero attached hydrogens (tertiary/aromatic N) is 2. The Hall–Kier alpha value is -2.29. The first kappa shape index (κ1) is 20.0. The van der Waals surface area contributed by atoms with Gasteiger partial charge in [-0.05, 0) is 43.7 Å². The van der Waals surface area contributed by atoms with Gasteiger partial charge in [0, 0.05) is 24.7 Å². The standard InChI is InChI=1S/C17H21F3N2O4/c1-2-21(11-15(23)24)13-7-9-22(10-8-13)16(25)12-3-5-14(6-4-12)26-17(18,19)20/h3-6,13H,2,7-11H2,1H3,(H,23,24). The monoisotopic (exact) mass is 374 g/mol. The predicted octanol–water partition coefficient (Wildman–Crippen LogP) is 2.60. The average molecular weight is 374 g/mol. The van der Waals surface area contributed by atoms with Crippen LogP contribution in [0.5, 0.6) is 5.75 Å². The van der Waals surface area contributed by atoms with Crippen molar-refractivity contribution in [3.05, 3.63) is 29.8 Å². The highest BCUT2D eigenvalue weighted by atomic mass is 19.4. The first-order valence-corrected chi connectivity index (χ1v) is 8.30. The number of rotatable bonds is 6. The molecule has 0 saturated carbocycles. The van der Waals surface area contributed by atoms with Crippen molar-refractivity contribution in [2.45, 2.75) is 32.2 Å². The maximum absolute atomic E-state index is 12.5. The van der Waals surface area contributed by atoms with Gasteiger partial charge in [-0.1, -0.05) is 6.92 Å². The van der Waals surface area contributed by atoms with Gasteiger partial charge in [-0.15, -0.1) is 13.2 Å². The molecule has 2 rings (SSSR count). The van der Waals surface area contributed by atoms with E-state index in [9.17, 15) is 22.8 Å². The quantitative estimate of drug-likeness (QED) is 0.829. The van der Waals surface area contributed by atoms with Crippen LogP contribution in [-0.4, -0.2) is 65.4 Å². The maximum Gasteiger partial charge on any atom is 0.573 e. The molecule has 0 aliphatic carbocycles. The second-order valence-corrected chi connectivity index (χ2v) is 6.05. The van der Waals surface area contributed by atoms with Crippen molar-refractivity contribution in [1.29, 1.82) is 0 Å². The summed E-state index contributed by atoms with van der Waals surface area (Å²) >= 11 is 0. The second-order valence-electron chi connectivity index (χ2n) is 6.05. The molecule has 1 aromatic rings. The fraction of sp³-hybridized carbons (Fsp3) is 0.529. The first-order chi connectivity index (χ1) is 12.2. The molecule has 0 radical (unpaired) electrons. The molecule has 26 heavy (non-hydrogen) atoms. The van der Waals surface area contributed by atoms with Crippen LogP contribution in [0.2, 0.25) is 0 Å². The highest BCUT2D eigenvalue weighted by Gasteiger charge is 2.31. The Labute approximate surface area is 149 Å². The number of carboxylic acid groups (broad SMARTS) is 1. The molecule has 0 unspecified atom stereocenters. The third kappa shape index (κ3) is 5.62. The lowest BCUT2D eigenvalue weighted by Gasteiger charge is -2.37. The summed E-state index contributed by atoms with van der Waals surface area (Å²) in [6.07, 6.45) is -3.46. The number of benzene rings is 1. The minimum absolute atomic E-state index is 0.0320. The third-order valence-corrected chi connectivity index (χ3v) is 4.35. The molecule has 0 atom stereocenters. The molecule has 0 aromatic heterocycles. The molecule has 6 nitrogen and oxygen atoms in total. The number of halogens is 3. The molecule has 1 aromatic carbocycles. The number of carboxylic acids is 1. The van der Waals surface area contributed by atoms with Gasteiger partial charge in [0.25, 0.3) is 5.91 Å². The lowest BCUT2D eigenvalue weighted by atomic mass is 10.0. The number of piperidine rings is 1. The molecule has 1 aliphatic rings. The van der Waals surface area contributed by atoms with E-state index in [1.54, 1.807) is 4.90 Å². The lowest BCUT2D eigenvalue weighted by Crippen LogP contribution is -2.48. The number of ether oxygens (including phenoxy) is 1. The highest BCUT2D eigenvalue weighted by Crippen LogP contribution is 2.24. The molecular formula is C17H21F3N2O4. The Kier molecular flexibility index (Phi) is 6.47. The molecule has 0 bridgehead atoms. The highest BCUT2D eigenvalue weighted by molar-refractivity contribution is 5.94. The Morgan fingerprint density at radius 2 is 1.81 bits per heavy atom. The third-order valence-electron chi connectivity index (χ3n) is 4.35. The molecule has 1 heterocycles.